The van der Waals surface area contributed by atoms with Gasteiger partial charge in [0.2, 0.25) is 5.91 Å². The molecule has 2 saturated heterocycles. The number of ether oxygens (including phenoxy) is 1. The van der Waals surface area contributed by atoms with Gasteiger partial charge in [-0.3, -0.25) is 19.7 Å². The Balaban J connectivity index is 1.68. The van der Waals surface area contributed by atoms with Crippen molar-refractivity contribution in [2.75, 3.05) is 0 Å². The Morgan fingerprint density at radius 1 is 1.42 bits per heavy atom. The number of non-ortho nitro benzene ring substituents is 1. The van der Waals surface area contributed by atoms with Crippen molar-refractivity contribution < 1.29 is 29.2 Å². The maximum absolute atomic E-state index is 12.4. The molecule has 4 atom stereocenters. The van der Waals surface area contributed by atoms with Gasteiger partial charge in [0.25, 0.3) is 5.69 Å². The van der Waals surface area contributed by atoms with Crippen LogP contribution in [0.4, 0.5) is 5.69 Å². The molecule has 0 saturated carbocycles. The van der Waals surface area contributed by atoms with Crippen molar-refractivity contribution in [3.8, 4) is 0 Å². The lowest BCUT2D eigenvalue weighted by atomic mass is 9.72. The zero-order valence-corrected chi connectivity index (χ0v) is 14.2. The van der Waals surface area contributed by atoms with Crippen LogP contribution in [-0.4, -0.2) is 50.3 Å². The van der Waals surface area contributed by atoms with Gasteiger partial charge in [-0.05, 0) is 31.5 Å². The van der Waals surface area contributed by atoms with E-state index in [0.717, 1.165) is 0 Å². The number of amides is 1. The fraction of sp³-hybridized carbons (Fsp3) is 0.471. The van der Waals surface area contributed by atoms with Crippen molar-refractivity contribution in [3.05, 3.63) is 39.9 Å². The van der Waals surface area contributed by atoms with Gasteiger partial charge >= 0.3 is 5.97 Å². The van der Waals surface area contributed by atoms with Crippen LogP contribution in [0.2, 0.25) is 0 Å². The average molecular weight is 362 g/mol. The number of benzene rings is 1. The average Bonchev–Trinajstić information content (AvgIpc) is 2.79. The third-order valence-electron chi connectivity index (χ3n) is 5.05. The van der Waals surface area contributed by atoms with Crippen molar-refractivity contribution in [3.63, 3.8) is 0 Å². The summed E-state index contributed by atoms with van der Waals surface area (Å²) in [6.07, 6.45) is -0.919. The molecule has 3 rings (SSSR count). The van der Waals surface area contributed by atoms with Gasteiger partial charge in [0, 0.05) is 18.6 Å². The molecule has 1 aromatic rings. The quantitative estimate of drug-likeness (QED) is 0.267. The molecule has 4 unspecified atom stereocenters. The highest BCUT2D eigenvalue weighted by atomic mass is 16.6. The van der Waals surface area contributed by atoms with E-state index >= 15 is 0 Å². The highest BCUT2D eigenvalue weighted by Crippen LogP contribution is 2.49. The van der Waals surface area contributed by atoms with Gasteiger partial charge < -0.3 is 14.7 Å². The fourth-order valence-electron chi connectivity index (χ4n) is 3.87. The van der Waals surface area contributed by atoms with E-state index in [1.54, 1.807) is 6.92 Å². The minimum absolute atomic E-state index is 0.00833. The second-order valence-corrected chi connectivity index (χ2v) is 6.86. The first-order chi connectivity index (χ1) is 12.2. The standard InChI is InChI=1S/C17H18N2O7/c1-9(20)13-15(22)18-14(12(21)7-17(13,18)2)16(23)26-8-10-3-5-11(6-4-10)19(24)25/h3-6,9,13-14,20H,7-8H2,1-2H3. The van der Waals surface area contributed by atoms with E-state index < -0.39 is 46.2 Å². The van der Waals surface area contributed by atoms with Gasteiger partial charge in [-0.2, -0.15) is 0 Å². The Kier molecular flexibility index (Phi) is 4.27. The lowest BCUT2D eigenvalue weighted by molar-refractivity contribution is -0.384. The van der Waals surface area contributed by atoms with Crippen LogP contribution in [0.25, 0.3) is 0 Å². The molecule has 26 heavy (non-hydrogen) atoms. The van der Waals surface area contributed by atoms with Crippen LogP contribution < -0.4 is 0 Å². The molecule has 0 radical (unpaired) electrons. The van der Waals surface area contributed by atoms with Crippen LogP contribution in [0.3, 0.4) is 0 Å². The third-order valence-corrected chi connectivity index (χ3v) is 5.05. The Morgan fingerprint density at radius 3 is 2.58 bits per heavy atom. The molecule has 9 nitrogen and oxygen atoms in total. The number of hydrogen-bond acceptors (Lipinski definition) is 7. The summed E-state index contributed by atoms with van der Waals surface area (Å²) < 4.78 is 5.14. The van der Waals surface area contributed by atoms with Crippen LogP contribution in [0.1, 0.15) is 25.8 Å². The summed E-state index contributed by atoms with van der Waals surface area (Å²) in [6, 6.07) is 4.16. The molecule has 9 heteroatoms. The van der Waals surface area contributed by atoms with Crippen molar-refractivity contribution >= 4 is 23.3 Å². The normalized spacial score (nSPS) is 28.3. The third kappa shape index (κ3) is 2.64. The second kappa shape index (κ2) is 6.17. The number of nitro groups is 1. The van der Waals surface area contributed by atoms with E-state index in [-0.39, 0.29) is 18.7 Å². The largest absolute Gasteiger partial charge is 0.459 e. The Labute approximate surface area is 148 Å². The SMILES string of the molecule is CC(O)C1C(=O)N2C(C(=O)OCc3ccc([N+](=O)[O-])cc3)C(=O)CC12C. The predicted octanol–water partition coefficient (Wildman–Crippen LogP) is 0.577. The topological polar surface area (TPSA) is 127 Å². The maximum atomic E-state index is 12.4. The van der Waals surface area contributed by atoms with Crippen LogP contribution in [0.15, 0.2) is 24.3 Å². The summed E-state index contributed by atoms with van der Waals surface area (Å²) >= 11 is 0. The molecule has 2 fully saturated rings. The van der Waals surface area contributed by atoms with Crippen LogP contribution >= 0.6 is 0 Å². The first kappa shape index (κ1) is 18.0. The number of fused-ring (bicyclic) bond motifs is 1. The summed E-state index contributed by atoms with van der Waals surface area (Å²) in [6.45, 7) is 2.99. The zero-order valence-electron chi connectivity index (χ0n) is 14.2. The van der Waals surface area contributed by atoms with Crippen molar-refractivity contribution in [2.45, 2.75) is 44.6 Å². The van der Waals surface area contributed by atoms with E-state index in [9.17, 15) is 29.6 Å². The Bertz CT molecular complexity index is 789. The first-order valence-corrected chi connectivity index (χ1v) is 8.10. The van der Waals surface area contributed by atoms with E-state index in [1.165, 1.54) is 36.1 Å². The molecule has 0 spiro atoms. The van der Waals surface area contributed by atoms with Crippen molar-refractivity contribution in [2.24, 2.45) is 5.92 Å². The molecule has 0 aliphatic carbocycles. The molecule has 0 bridgehead atoms. The van der Waals surface area contributed by atoms with Crippen LogP contribution in [0, 0.1) is 16.0 Å². The molecule has 1 N–H and O–H groups in total. The number of Topliss-reactive ketones (excluding diaryl/α,β-unsaturated/α-hetero) is 1. The highest BCUT2D eigenvalue weighted by Gasteiger charge is 2.68. The highest BCUT2D eigenvalue weighted by molar-refractivity contribution is 6.12. The van der Waals surface area contributed by atoms with E-state index in [2.05, 4.69) is 0 Å². The number of carbonyl (C=O) groups is 3. The van der Waals surface area contributed by atoms with E-state index in [0.29, 0.717) is 5.56 Å². The van der Waals surface area contributed by atoms with E-state index in [1.807, 2.05) is 0 Å². The molecule has 0 aromatic heterocycles. The number of nitro benzene ring substituents is 1. The number of hydrogen-bond donors (Lipinski definition) is 1. The number of β-lactam (4-membered cyclic amide) rings is 1. The number of esters is 1. The van der Waals surface area contributed by atoms with Gasteiger partial charge in [0.1, 0.15) is 6.61 Å². The van der Waals surface area contributed by atoms with Gasteiger partial charge in [-0.15, -0.1) is 0 Å². The van der Waals surface area contributed by atoms with Gasteiger partial charge in [-0.25, -0.2) is 4.79 Å². The lowest BCUT2D eigenvalue weighted by Crippen LogP contribution is -2.71. The molecule has 2 aliphatic rings. The monoisotopic (exact) mass is 362 g/mol. The molecule has 2 heterocycles. The zero-order chi connectivity index (χ0) is 19.2. The number of rotatable bonds is 5. The van der Waals surface area contributed by atoms with Gasteiger partial charge in [0.05, 0.1) is 22.5 Å². The predicted molar refractivity (Wildman–Crippen MR) is 86.7 cm³/mol. The summed E-state index contributed by atoms with van der Waals surface area (Å²) in [5.41, 5.74) is -0.439. The summed E-state index contributed by atoms with van der Waals surface area (Å²) in [7, 11) is 0. The Morgan fingerprint density at radius 2 is 2.04 bits per heavy atom. The number of carbonyl (C=O) groups excluding carboxylic acids is 3. The summed E-state index contributed by atoms with van der Waals surface area (Å²) in [5.74, 6) is -2.41. The minimum Gasteiger partial charge on any atom is -0.459 e. The number of aliphatic hydroxyl groups is 1. The second-order valence-electron chi connectivity index (χ2n) is 6.86. The van der Waals surface area contributed by atoms with Crippen molar-refractivity contribution in [1.29, 1.82) is 0 Å². The molecule has 2 aliphatic heterocycles. The molecule has 1 aromatic carbocycles. The number of nitrogens with zero attached hydrogens (tertiary/aromatic N) is 2. The number of ketones is 1. The van der Waals surface area contributed by atoms with E-state index in [4.69, 9.17) is 4.74 Å². The smallest absolute Gasteiger partial charge is 0.337 e. The Hall–Kier alpha value is -2.81. The first-order valence-electron chi connectivity index (χ1n) is 8.10. The lowest BCUT2D eigenvalue weighted by Gasteiger charge is -2.53. The molecule has 1 amide bonds. The summed E-state index contributed by atoms with van der Waals surface area (Å²) in [5, 5.41) is 20.4. The fourth-order valence-corrected chi connectivity index (χ4v) is 3.87. The maximum Gasteiger partial charge on any atom is 0.337 e. The molecule has 138 valence electrons. The summed E-state index contributed by atoms with van der Waals surface area (Å²) in [4.78, 5) is 48.2. The number of aliphatic hydroxyl groups excluding tert-OH is 1. The molecular formula is C17H18N2O7. The van der Waals surface area contributed by atoms with Crippen LogP contribution in [-0.2, 0) is 25.7 Å². The minimum atomic E-state index is -1.31. The van der Waals surface area contributed by atoms with Crippen LogP contribution in [0.5, 0.6) is 0 Å². The van der Waals surface area contributed by atoms with Gasteiger partial charge in [0.15, 0.2) is 11.8 Å². The van der Waals surface area contributed by atoms with Crippen molar-refractivity contribution in [1.82, 2.24) is 4.90 Å². The molecular weight excluding hydrogens is 344 g/mol. The van der Waals surface area contributed by atoms with Gasteiger partial charge in [-0.1, -0.05) is 0 Å².